The molecule has 0 aromatic carbocycles. The van der Waals surface area contributed by atoms with Crippen molar-refractivity contribution in [3.63, 3.8) is 0 Å². The second kappa shape index (κ2) is 12.4. The summed E-state index contributed by atoms with van der Waals surface area (Å²) in [5.74, 6) is -2.21. The molecule has 1 heterocycles. The summed E-state index contributed by atoms with van der Waals surface area (Å²) < 4.78 is 5.39. The standard InChI is InChI=1S/C28H48N2O5/c1-8-19-14-15-20-22(21(19)26(34)35-9-2)25(33)30(16-12-10-11-13-17-31)23(20)24(32)29-28(6,7)18-27(3,4)5/h14-15,19-23,31H,8-13,16-18H2,1-7H3,(H,29,32)/t19-,20+,21-,22+,23+/m1/s1. The molecule has 1 fully saturated rings. The van der Waals surface area contributed by atoms with Crippen LogP contribution in [0.5, 0.6) is 0 Å². The van der Waals surface area contributed by atoms with E-state index in [0.717, 1.165) is 38.5 Å². The lowest BCUT2D eigenvalue weighted by Crippen LogP contribution is -2.54. The molecule has 1 aliphatic heterocycles. The number of ether oxygens (including phenoxy) is 1. The first-order valence-corrected chi connectivity index (χ1v) is 13.4. The Morgan fingerprint density at radius 3 is 2.29 bits per heavy atom. The summed E-state index contributed by atoms with van der Waals surface area (Å²) >= 11 is 0. The highest BCUT2D eigenvalue weighted by molar-refractivity contribution is 5.96. The molecule has 0 saturated carbocycles. The molecule has 2 amide bonds. The van der Waals surface area contributed by atoms with Crippen molar-refractivity contribution in [1.82, 2.24) is 10.2 Å². The van der Waals surface area contributed by atoms with Gasteiger partial charge >= 0.3 is 5.97 Å². The van der Waals surface area contributed by atoms with Gasteiger partial charge in [-0.25, -0.2) is 0 Å². The summed E-state index contributed by atoms with van der Waals surface area (Å²) in [5, 5.41) is 12.3. The van der Waals surface area contributed by atoms with Crippen LogP contribution < -0.4 is 5.32 Å². The van der Waals surface area contributed by atoms with Crippen LogP contribution >= 0.6 is 0 Å². The van der Waals surface area contributed by atoms with E-state index in [1.807, 2.05) is 32.9 Å². The number of unbranched alkanes of at least 4 members (excludes halogenated alkanes) is 3. The number of nitrogens with zero attached hydrogens (tertiary/aromatic N) is 1. The summed E-state index contributed by atoms with van der Waals surface area (Å²) in [6, 6.07) is -0.643. The molecule has 1 aliphatic carbocycles. The molecule has 0 unspecified atom stereocenters. The number of nitrogens with one attached hydrogen (secondary N) is 1. The fourth-order valence-corrected chi connectivity index (χ4v) is 6.21. The van der Waals surface area contributed by atoms with Gasteiger partial charge in [-0.3, -0.25) is 14.4 Å². The SMILES string of the molecule is CCOC(=O)[C@H]1[C@H]2C(=O)N(CCCCCCO)[C@H](C(=O)NC(C)(C)CC(C)(C)C)[C@H]2C=C[C@H]1CC. The van der Waals surface area contributed by atoms with E-state index >= 15 is 0 Å². The Labute approximate surface area is 212 Å². The lowest BCUT2D eigenvalue weighted by molar-refractivity contribution is -0.155. The van der Waals surface area contributed by atoms with Gasteiger partial charge in [0.25, 0.3) is 0 Å². The third-order valence-corrected chi connectivity index (χ3v) is 7.15. The molecule has 7 nitrogen and oxygen atoms in total. The molecule has 5 atom stereocenters. The van der Waals surface area contributed by atoms with Gasteiger partial charge in [0.1, 0.15) is 6.04 Å². The quantitative estimate of drug-likeness (QED) is 0.243. The van der Waals surface area contributed by atoms with Gasteiger partial charge in [0.2, 0.25) is 11.8 Å². The highest BCUT2D eigenvalue weighted by Crippen LogP contribution is 2.45. The maximum Gasteiger partial charge on any atom is 0.310 e. The third kappa shape index (κ3) is 7.55. The monoisotopic (exact) mass is 492 g/mol. The van der Waals surface area contributed by atoms with Crippen molar-refractivity contribution in [2.45, 2.75) is 98.6 Å². The van der Waals surface area contributed by atoms with Crippen molar-refractivity contribution in [3.8, 4) is 0 Å². The summed E-state index contributed by atoms with van der Waals surface area (Å²) in [7, 11) is 0. The minimum Gasteiger partial charge on any atom is -0.466 e. The van der Waals surface area contributed by atoms with Crippen molar-refractivity contribution in [3.05, 3.63) is 12.2 Å². The van der Waals surface area contributed by atoms with Crippen molar-refractivity contribution < 1.29 is 24.2 Å². The molecular weight excluding hydrogens is 444 g/mol. The van der Waals surface area contributed by atoms with Gasteiger partial charge in [0, 0.05) is 24.6 Å². The molecule has 0 aromatic heterocycles. The molecule has 2 N–H and O–H groups in total. The summed E-state index contributed by atoms with van der Waals surface area (Å²) in [4.78, 5) is 42.3. The average molecular weight is 493 g/mol. The number of allylic oxidation sites excluding steroid dienone is 1. The topological polar surface area (TPSA) is 95.9 Å². The Balaban J connectivity index is 2.36. The zero-order valence-electron chi connectivity index (χ0n) is 22.9. The zero-order valence-corrected chi connectivity index (χ0v) is 22.9. The number of hydrogen-bond acceptors (Lipinski definition) is 5. The van der Waals surface area contributed by atoms with Gasteiger partial charge in [-0.2, -0.15) is 0 Å². The zero-order chi connectivity index (χ0) is 26.4. The van der Waals surface area contributed by atoms with Gasteiger partial charge < -0.3 is 20.1 Å². The summed E-state index contributed by atoms with van der Waals surface area (Å²) in [5.41, 5.74) is -0.403. The average Bonchev–Trinajstić information content (AvgIpc) is 3.02. The maximum atomic E-state index is 13.8. The molecule has 0 bridgehead atoms. The number of rotatable bonds is 12. The Kier molecular flexibility index (Phi) is 10.4. The van der Waals surface area contributed by atoms with Crippen LogP contribution in [-0.2, 0) is 19.1 Å². The van der Waals surface area contributed by atoms with E-state index in [-0.39, 0.29) is 48.2 Å². The molecular formula is C28H48N2O5. The summed E-state index contributed by atoms with van der Waals surface area (Å²) in [6.07, 6.45) is 8.78. The van der Waals surface area contributed by atoms with Crippen molar-refractivity contribution in [2.24, 2.45) is 29.1 Å². The smallest absolute Gasteiger partial charge is 0.310 e. The molecule has 0 spiro atoms. The predicted molar refractivity (Wildman–Crippen MR) is 137 cm³/mol. The van der Waals surface area contributed by atoms with E-state index in [9.17, 15) is 14.4 Å². The lowest BCUT2D eigenvalue weighted by atomic mass is 9.69. The van der Waals surface area contributed by atoms with Crippen LogP contribution in [0.2, 0.25) is 0 Å². The van der Waals surface area contributed by atoms with Crippen molar-refractivity contribution in [1.29, 1.82) is 0 Å². The lowest BCUT2D eigenvalue weighted by Gasteiger charge is -2.37. The number of aliphatic hydroxyl groups excluding tert-OH is 1. The molecule has 35 heavy (non-hydrogen) atoms. The minimum atomic E-state index is -0.643. The highest BCUT2D eigenvalue weighted by atomic mass is 16.5. The Hall–Kier alpha value is -1.89. The number of carbonyl (C=O) groups is 3. The molecule has 7 heteroatoms. The number of fused-ring (bicyclic) bond motifs is 1. The molecule has 1 saturated heterocycles. The van der Waals surface area contributed by atoms with E-state index < -0.39 is 23.4 Å². The highest BCUT2D eigenvalue weighted by Gasteiger charge is 2.57. The number of carbonyl (C=O) groups excluding carboxylic acids is 3. The van der Waals surface area contributed by atoms with Crippen LogP contribution in [-0.4, -0.2) is 59.1 Å². The Morgan fingerprint density at radius 1 is 1.06 bits per heavy atom. The number of likely N-dealkylation sites (tertiary alicyclic amines) is 1. The number of esters is 1. The number of aliphatic hydroxyl groups is 1. The van der Waals surface area contributed by atoms with Crippen molar-refractivity contribution in [2.75, 3.05) is 19.8 Å². The first-order valence-electron chi connectivity index (χ1n) is 13.4. The van der Waals surface area contributed by atoms with E-state index in [0.29, 0.717) is 6.54 Å². The van der Waals surface area contributed by atoms with Crippen LogP contribution in [0.4, 0.5) is 0 Å². The molecule has 0 aromatic rings. The third-order valence-electron chi connectivity index (χ3n) is 7.15. The number of hydrogen-bond donors (Lipinski definition) is 2. The largest absolute Gasteiger partial charge is 0.466 e. The van der Waals surface area contributed by atoms with E-state index in [1.165, 1.54) is 0 Å². The van der Waals surface area contributed by atoms with Gasteiger partial charge in [0.05, 0.1) is 18.4 Å². The van der Waals surface area contributed by atoms with E-state index in [1.54, 1.807) is 11.8 Å². The van der Waals surface area contributed by atoms with E-state index in [2.05, 4.69) is 26.1 Å². The van der Waals surface area contributed by atoms with Gasteiger partial charge in [-0.05, 0) is 57.8 Å². The molecule has 2 rings (SSSR count). The first kappa shape index (κ1) is 29.3. The van der Waals surface area contributed by atoms with Crippen LogP contribution in [0.3, 0.4) is 0 Å². The Morgan fingerprint density at radius 2 is 1.71 bits per heavy atom. The fraction of sp³-hybridized carbons (Fsp3) is 0.821. The molecule has 0 radical (unpaired) electrons. The van der Waals surface area contributed by atoms with Gasteiger partial charge in [-0.15, -0.1) is 0 Å². The van der Waals surface area contributed by atoms with Crippen LogP contribution in [0.25, 0.3) is 0 Å². The van der Waals surface area contributed by atoms with Crippen molar-refractivity contribution >= 4 is 17.8 Å². The minimum absolute atomic E-state index is 0.0330. The fourth-order valence-electron chi connectivity index (χ4n) is 6.21. The van der Waals surface area contributed by atoms with Crippen LogP contribution in [0.1, 0.15) is 87.0 Å². The molecule has 2 aliphatic rings. The first-order chi connectivity index (χ1) is 16.4. The summed E-state index contributed by atoms with van der Waals surface area (Å²) in [6.45, 7) is 15.2. The van der Waals surface area contributed by atoms with Gasteiger partial charge in [0.15, 0.2) is 0 Å². The van der Waals surface area contributed by atoms with E-state index in [4.69, 9.17) is 9.84 Å². The second-order valence-electron chi connectivity index (χ2n) is 12.1. The number of amides is 2. The van der Waals surface area contributed by atoms with Crippen LogP contribution in [0, 0.1) is 29.1 Å². The van der Waals surface area contributed by atoms with Crippen LogP contribution in [0.15, 0.2) is 12.2 Å². The predicted octanol–water partition coefficient (Wildman–Crippen LogP) is 4.09. The second-order valence-corrected chi connectivity index (χ2v) is 12.1. The maximum absolute atomic E-state index is 13.8. The normalized spacial score (nSPS) is 26.6. The molecule has 200 valence electrons. The Bertz CT molecular complexity index is 770. The van der Waals surface area contributed by atoms with Gasteiger partial charge in [-0.1, -0.05) is 52.7 Å².